The number of ketones is 1. The summed E-state index contributed by atoms with van der Waals surface area (Å²) in [5.41, 5.74) is 2.14. The maximum absolute atomic E-state index is 13.2. The minimum atomic E-state index is -1.42. The molecule has 2 aliphatic rings. The first-order valence-electron chi connectivity index (χ1n) is 8.22. The number of anilines is 1. The van der Waals surface area contributed by atoms with Gasteiger partial charge in [0.15, 0.2) is 11.2 Å². The molecule has 1 unspecified atom stereocenters. The molecule has 1 aromatic carbocycles. The molecule has 1 aromatic rings. The van der Waals surface area contributed by atoms with E-state index in [4.69, 9.17) is 0 Å². The first-order chi connectivity index (χ1) is 11.6. The lowest BCUT2D eigenvalue weighted by atomic mass is 9.72. The lowest BCUT2D eigenvalue weighted by molar-refractivity contribution is -0.135. The highest BCUT2D eigenvalue weighted by Gasteiger charge is 2.58. The summed E-state index contributed by atoms with van der Waals surface area (Å²) in [5.74, 6) is -0.950. The number of unbranched alkanes of at least 4 members (excludes halogenated alkanes) is 1. The van der Waals surface area contributed by atoms with Crippen LogP contribution in [0.2, 0.25) is 0 Å². The van der Waals surface area contributed by atoms with E-state index in [9.17, 15) is 14.4 Å². The van der Waals surface area contributed by atoms with Crippen LogP contribution in [0.3, 0.4) is 0 Å². The predicted octanol–water partition coefficient (Wildman–Crippen LogP) is 2.70. The highest BCUT2D eigenvalue weighted by molar-refractivity contribution is 6.25. The molecule has 1 aliphatic carbocycles. The van der Waals surface area contributed by atoms with Crippen LogP contribution < -0.4 is 10.4 Å². The molecule has 1 saturated heterocycles. The van der Waals surface area contributed by atoms with E-state index in [1.165, 1.54) is 5.01 Å². The molecule has 3 rings (SSSR count). The van der Waals surface area contributed by atoms with Gasteiger partial charge in [-0.05, 0) is 18.6 Å². The van der Waals surface area contributed by atoms with Crippen molar-refractivity contribution in [1.29, 1.82) is 0 Å². The van der Waals surface area contributed by atoms with Crippen molar-refractivity contribution in [1.82, 2.24) is 5.43 Å². The molecule has 0 aromatic heterocycles. The van der Waals surface area contributed by atoms with Crippen molar-refractivity contribution in [2.75, 3.05) is 5.01 Å². The van der Waals surface area contributed by atoms with Crippen molar-refractivity contribution in [3.8, 4) is 0 Å². The Morgan fingerprint density at radius 2 is 1.92 bits per heavy atom. The second-order valence-corrected chi connectivity index (χ2v) is 6.06. The van der Waals surface area contributed by atoms with Gasteiger partial charge in [0.1, 0.15) is 0 Å². The second-order valence-electron chi connectivity index (χ2n) is 6.06. The van der Waals surface area contributed by atoms with Gasteiger partial charge in [-0.25, -0.2) is 5.01 Å². The molecule has 5 nitrogen and oxygen atoms in total. The van der Waals surface area contributed by atoms with Crippen LogP contribution in [0.4, 0.5) is 5.69 Å². The van der Waals surface area contributed by atoms with Gasteiger partial charge in [0.2, 0.25) is 0 Å². The Balaban J connectivity index is 2.06. The Kier molecular flexibility index (Phi) is 4.34. The number of para-hydroxylation sites is 1. The van der Waals surface area contributed by atoms with E-state index in [0.717, 1.165) is 6.42 Å². The number of Topliss-reactive ketones (excluding diaryl/α,β-unsaturated/α-hetero) is 1. The fourth-order valence-electron chi connectivity index (χ4n) is 3.25. The third-order valence-corrected chi connectivity index (χ3v) is 4.55. The Morgan fingerprint density at radius 3 is 2.58 bits per heavy atom. The molecule has 24 heavy (non-hydrogen) atoms. The number of nitrogens with one attached hydrogen (secondary N) is 1. The molecule has 1 heterocycles. The van der Waals surface area contributed by atoms with Crippen LogP contribution >= 0.6 is 0 Å². The summed E-state index contributed by atoms with van der Waals surface area (Å²) >= 11 is 0. The monoisotopic (exact) mass is 324 g/mol. The van der Waals surface area contributed by atoms with Crippen molar-refractivity contribution in [2.45, 2.75) is 32.6 Å². The number of hydrazine groups is 1. The molecule has 0 saturated carbocycles. The maximum atomic E-state index is 13.2. The van der Waals surface area contributed by atoms with Gasteiger partial charge in [-0.3, -0.25) is 19.8 Å². The van der Waals surface area contributed by atoms with Gasteiger partial charge in [0.05, 0.1) is 5.69 Å². The van der Waals surface area contributed by atoms with Crippen LogP contribution in [-0.4, -0.2) is 17.6 Å². The lowest BCUT2D eigenvalue weighted by Gasteiger charge is -2.27. The summed E-state index contributed by atoms with van der Waals surface area (Å²) in [6.45, 7) is 2.00. The number of benzene rings is 1. The average molecular weight is 324 g/mol. The normalized spacial score (nSPS) is 23.5. The molecule has 0 spiro atoms. The molecular formula is C19H20N2O3. The van der Waals surface area contributed by atoms with Gasteiger partial charge in [-0.2, -0.15) is 0 Å². The van der Waals surface area contributed by atoms with Gasteiger partial charge < -0.3 is 0 Å². The second kappa shape index (κ2) is 6.43. The fourth-order valence-corrected chi connectivity index (χ4v) is 3.25. The maximum Gasteiger partial charge on any atom is 0.266 e. The topological polar surface area (TPSA) is 66.5 Å². The van der Waals surface area contributed by atoms with E-state index >= 15 is 0 Å². The summed E-state index contributed by atoms with van der Waals surface area (Å²) in [7, 11) is 0. The number of amides is 2. The Morgan fingerprint density at radius 1 is 1.17 bits per heavy atom. The summed E-state index contributed by atoms with van der Waals surface area (Å²) < 4.78 is 0. The highest BCUT2D eigenvalue weighted by atomic mass is 16.2. The number of carbonyl (C=O) groups excluding carboxylic acids is 3. The number of hydrogen-bond acceptors (Lipinski definition) is 3. The number of rotatable bonds is 5. The molecule has 1 atom stereocenters. The first kappa shape index (κ1) is 16.2. The van der Waals surface area contributed by atoms with E-state index in [1.54, 1.807) is 42.5 Å². The summed E-state index contributed by atoms with van der Waals surface area (Å²) in [4.78, 5) is 38.5. The third kappa shape index (κ3) is 2.46. The van der Waals surface area contributed by atoms with Gasteiger partial charge in [0.25, 0.3) is 11.8 Å². The largest absolute Gasteiger partial charge is 0.294 e. The minimum absolute atomic E-state index is 0.160. The zero-order valence-electron chi connectivity index (χ0n) is 13.6. The van der Waals surface area contributed by atoms with Crippen LogP contribution in [0.5, 0.6) is 0 Å². The number of nitrogens with zero attached hydrogens (tertiary/aromatic N) is 1. The molecule has 2 amide bonds. The molecule has 1 N–H and O–H groups in total. The smallest absolute Gasteiger partial charge is 0.266 e. The summed E-state index contributed by atoms with van der Waals surface area (Å²) in [6, 6.07) is 8.95. The fraction of sp³-hybridized carbons (Fsp3) is 0.316. The van der Waals surface area contributed by atoms with Gasteiger partial charge in [-0.1, -0.05) is 56.2 Å². The molecular weight excluding hydrogens is 304 g/mol. The third-order valence-electron chi connectivity index (χ3n) is 4.55. The van der Waals surface area contributed by atoms with Crippen LogP contribution in [0.25, 0.3) is 0 Å². The van der Waals surface area contributed by atoms with E-state index < -0.39 is 11.3 Å². The van der Waals surface area contributed by atoms with Crippen LogP contribution in [0.15, 0.2) is 54.1 Å². The Hall–Kier alpha value is -2.69. The Labute approximate surface area is 141 Å². The van der Waals surface area contributed by atoms with Crippen LogP contribution in [-0.2, 0) is 14.4 Å². The first-order valence-corrected chi connectivity index (χ1v) is 8.22. The van der Waals surface area contributed by atoms with Crippen molar-refractivity contribution < 1.29 is 14.4 Å². The quantitative estimate of drug-likeness (QED) is 0.847. The van der Waals surface area contributed by atoms with E-state index in [1.807, 2.05) is 13.0 Å². The Bertz CT molecular complexity index is 736. The van der Waals surface area contributed by atoms with E-state index in [2.05, 4.69) is 5.43 Å². The predicted molar refractivity (Wildman–Crippen MR) is 90.9 cm³/mol. The number of hydrogen-bond donors (Lipinski definition) is 1. The molecule has 124 valence electrons. The minimum Gasteiger partial charge on any atom is -0.294 e. The van der Waals surface area contributed by atoms with Crippen molar-refractivity contribution in [2.24, 2.45) is 5.41 Å². The van der Waals surface area contributed by atoms with Crippen molar-refractivity contribution >= 4 is 23.3 Å². The van der Waals surface area contributed by atoms with Gasteiger partial charge in [-0.15, -0.1) is 0 Å². The zero-order valence-corrected chi connectivity index (χ0v) is 13.6. The number of allylic oxidation sites excluding steroid dienone is 3. The van der Waals surface area contributed by atoms with Crippen molar-refractivity contribution in [3.63, 3.8) is 0 Å². The average Bonchev–Trinajstić information content (AvgIpc) is 2.86. The molecule has 1 fully saturated rings. The van der Waals surface area contributed by atoms with Crippen LogP contribution in [0, 0.1) is 5.41 Å². The van der Waals surface area contributed by atoms with E-state index in [0.29, 0.717) is 24.1 Å². The van der Waals surface area contributed by atoms with Crippen molar-refractivity contribution in [3.05, 3.63) is 54.1 Å². The highest BCUT2D eigenvalue weighted by Crippen LogP contribution is 2.42. The molecule has 5 heteroatoms. The SMILES string of the molecule is CCCCC1(C2=CC=CCC2=O)C(=O)NN(c2ccccc2)C1=O. The van der Waals surface area contributed by atoms with E-state index in [-0.39, 0.29) is 18.1 Å². The summed E-state index contributed by atoms with van der Waals surface area (Å²) in [5, 5.41) is 1.27. The van der Waals surface area contributed by atoms with Gasteiger partial charge >= 0.3 is 0 Å². The lowest BCUT2D eigenvalue weighted by Crippen LogP contribution is -2.41. The van der Waals surface area contributed by atoms with Crippen LogP contribution in [0.1, 0.15) is 32.6 Å². The molecule has 1 aliphatic heterocycles. The zero-order chi connectivity index (χ0) is 17.2. The molecule has 0 radical (unpaired) electrons. The standard InChI is InChI=1S/C19H20N2O3/c1-2-3-13-19(15-11-7-8-12-16(15)22)17(23)20-21(18(19)24)14-9-5-4-6-10-14/h4-11H,2-3,12-13H2,1H3,(H,20,23). The molecule has 0 bridgehead atoms. The van der Waals surface area contributed by atoms with Gasteiger partial charge in [0, 0.05) is 12.0 Å². The summed E-state index contributed by atoms with van der Waals surface area (Å²) in [6.07, 6.45) is 7.20. The number of carbonyl (C=O) groups is 3.